The van der Waals surface area contributed by atoms with Crippen LogP contribution in [0.3, 0.4) is 0 Å². The summed E-state index contributed by atoms with van der Waals surface area (Å²) >= 11 is 0. The number of carbonyl (C=O) groups is 1. The summed E-state index contributed by atoms with van der Waals surface area (Å²) in [5, 5.41) is 10.1. The van der Waals surface area contributed by atoms with Crippen LogP contribution in [-0.4, -0.2) is 31.9 Å². The average molecular weight is 296 g/mol. The van der Waals surface area contributed by atoms with Crippen LogP contribution >= 0.6 is 0 Å². The molecule has 0 saturated heterocycles. The predicted octanol–water partition coefficient (Wildman–Crippen LogP) is 2.86. The minimum absolute atomic E-state index is 0.194. The van der Waals surface area contributed by atoms with Crippen molar-refractivity contribution < 1.29 is 24.1 Å². The van der Waals surface area contributed by atoms with Gasteiger partial charge in [-0.3, -0.25) is 4.79 Å². The minimum atomic E-state index is -0.733. The SMILES string of the molecule is CCCCOC(=O)CCC(O)c1ccc(OC)c(OC)c1. The van der Waals surface area contributed by atoms with Gasteiger partial charge in [0.2, 0.25) is 0 Å². The number of esters is 1. The van der Waals surface area contributed by atoms with E-state index in [2.05, 4.69) is 0 Å². The molecular weight excluding hydrogens is 272 g/mol. The number of hydrogen-bond donors (Lipinski definition) is 1. The Morgan fingerprint density at radius 3 is 2.57 bits per heavy atom. The summed E-state index contributed by atoms with van der Waals surface area (Å²) in [5.41, 5.74) is 0.689. The van der Waals surface area contributed by atoms with Crippen molar-refractivity contribution in [1.82, 2.24) is 0 Å². The first-order valence-corrected chi connectivity index (χ1v) is 7.18. The van der Waals surface area contributed by atoms with Crippen molar-refractivity contribution in [2.45, 2.75) is 38.7 Å². The van der Waals surface area contributed by atoms with Crippen LogP contribution in [0.2, 0.25) is 0 Å². The fourth-order valence-corrected chi connectivity index (χ4v) is 1.88. The predicted molar refractivity (Wildman–Crippen MR) is 79.6 cm³/mol. The van der Waals surface area contributed by atoms with Gasteiger partial charge in [0.15, 0.2) is 11.5 Å². The van der Waals surface area contributed by atoms with Crippen molar-refractivity contribution in [3.63, 3.8) is 0 Å². The minimum Gasteiger partial charge on any atom is -0.493 e. The van der Waals surface area contributed by atoms with E-state index in [-0.39, 0.29) is 12.4 Å². The van der Waals surface area contributed by atoms with E-state index in [0.29, 0.717) is 30.1 Å². The van der Waals surface area contributed by atoms with Crippen LogP contribution in [0.25, 0.3) is 0 Å². The maximum Gasteiger partial charge on any atom is 0.305 e. The van der Waals surface area contributed by atoms with E-state index >= 15 is 0 Å². The normalized spacial score (nSPS) is 11.8. The fraction of sp³-hybridized carbons (Fsp3) is 0.562. The van der Waals surface area contributed by atoms with Gasteiger partial charge in [0.25, 0.3) is 0 Å². The third kappa shape index (κ3) is 5.63. The molecule has 0 aliphatic carbocycles. The van der Waals surface area contributed by atoms with Gasteiger partial charge in [0.1, 0.15) is 0 Å². The lowest BCUT2D eigenvalue weighted by Gasteiger charge is -2.14. The molecule has 1 rings (SSSR count). The van der Waals surface area contributed by atoms with Gasteiger partial charge in [-0.15, -0.1) is 0 Å². The van der Waals surface area contributed by atoms with Gasteiger partial charge in [-0.2, -0.15) is 0 Å². The van der Waals surface area contributed by atoms with Gasteiger partial charge in [0, 0.05) is 6.42 Å². The summed E-state index contributed by atoms with van der Waals surface area (Å²) in [5.74, 6) is 0.884. The van der Waals surface area contributed by atoms with Crippen LogP contribution in [0, 0.1) is 0 Å². The summed E-state index contributed by atoms with van der Waals surface area (Å²) in [6.07, 6.45) is 1.63. The summed E-state index contributed by atoms with van der Waals surface area (Å²) in [6.45, 7) is 2.48. The van der Waals surface area contributed by atoms with E-state index in [9.17, 15) is 9.90 Å². The first kappa shape index (κ1) is 17.3. The second kappa shape index (κ2) is 9.23. The summed E-state index contributed by atoms with van der Waals surface area (Å²) < 4.78 is 15.4. The Hall–Kier alpha value is -1.75. The molecule has 21 heavy (non-hydrogen) atoms. The lowest BCUT2D eigenvalue weighted by molar-refractivity contribution is -0.144. The monoisotopic (exact) mass is 296 g/mol. The molecule has 1 aromatic carbocycles. The average Bonchev–Trinajstić information content (AvgIpc) is 2.52. The van der Waals surface area contributed by atoms with E-state index in [1.54, 1.807) is 32.4 Å². The van der Waals surface area contributed by atoms with E-state index in [1.807, 2.05) is 6.92 Å². The first-order chi connectivity index (χ1) is 10.1. The molecule has 0 aromatic heterocycles. The largest absolute Gasteiger partial charge is 0.493 e. The molecule has 0 aliphatic rings. The van der Waals surface area contributed by atoms with Gasteiger partial charge < -0.3 is 19.3 Å². The Bertz CT molecular complexity index is 444. The highest BCUT2D eigenvalue weighted by Crippen LogP contribution is 2.31. The van der Waals surface area contributed by atoms with Crippen molar-refractivity contribution in [3.8, 4) is 11.5 Å². The van der Waals surface area contributed by atoms with Gasteiger partial charge in [-0.1, -0.05) is 19.4 Å². The second-order valence-electron chi connectivity index (χ2n) is 4.74. The van der Waals surface area contributed by atoms with Crippen LogP contribution in [0.1, 0.15) is 44.3 Å². The highest BCUT2D eigenvalue weighted by Gasteiger charge is 2.14. The zero-order valence-corrected chi connectivity index (χ0v) is 12.9. The number of benzene rings is 1. The van der Waals surface area contributed by atoms with Gasteiger partial charge in [-0.05, 0) is 30.5 Å². The molecule has 1 unspecified atom stereocenters. The molecule has 0 radical (unpaired) electrons. The molecule has 0 heterocycles. The zero-order valence-electron chi connectivity index (χ0n) is 12.9. The summed E-state index contributed by atoms with van der Waals surface area (Å²) in [7, 11) is 3.10. The lowest BCUT2D eigenvalue weighted by atomic mass is 10.0. The van der Waals surface area contributed by atoms with E-state index in [4.69, 9.17) is 14.2 Å². The fourth-order valence-electron chi connectivity index (χ4n) is 1.88. The maximum atomic E-state index is 11.5. The van der Waals surface area contributed by atoms with Crippen molar-refractivity contribution in [1.29, 1.82) is 0 Å². The molecule has 0 saturated carbocycles. The van der Waals surface area contributed by atoms with Crippen molar-refractivity contribution in [3.05, 3.63) is 23.8 Å². The Morgan fingerprint density at radius 2 is 1.95 bits per heavy atom. The molecule has 118 valence electrons. The highest BCUT2D eigenvalue weighted by atomic mass is 16.5. The van der Waals surface area contributed by atoms with Crippen LogP contribution in [-0.2, 0) is 9.53 Å². The third-order valence-electron chi connectivity index (χ3n) is 3.18. The van der Waals surface area contributed by atoms with Gasteiger partial charge in [-0.25, -0.2) is 0 Å². The molecule has 0 bridgehead atoms. The van der Waals surface area contributed by atoms with Crippen molar-refractivity contribution in [2.75, 3.05) is 20.8 Å². The third-order valence-corrected chi connectivity index (χ3v) is 3.18. The summed E-state index contributed by atoms with van der Waals surface area (Å²) in [4.78, 5) is 11.5. The highest BCUT2D eigenvalue weighted by molar-refractivity contribution is 5.69. The van der Waals surface area contributed by atoms with Gasteiger partial charge in [0.05, 0.1) is 26.9 Å². The number of rotatable bonds is 9. The summed E-state index contributed by atoms with van der Waals surface area (Å²) in [6, 6.07) is 5.21. The Kier molecular flexibility index (Phi) is 7.61. The molecule has 0 aliphatic heterocycles. The van der Waals surface area contributed by atoms with Gasteiger partial charge >= 0.3 is 5.97 Å². The molecule has 1 atom stereocenters. The number of carbonyl (C=O) groups excluding carboxylic acids is 1. The van der Waals surface area contributed by atoms with E-state index in [0.717, 1.165) is 12.8 Å². The molecule has 1 N–H and O–H groups in total. The standard InChI is InChI=1S/C16H24O5/c1-4-5-10-21-16(18)9-7-13(17)12-6-8-14(19-2)15(11-12)20-3/h6,8,11,13,17H,4-5,7,9-10H2,1-3H3. The topological polar surface area (TPSA) is 65.0 Å². The zero-order chi connectivity index (χ0) is 15.7. The maximum absolute atomic E-state index is 11.5. The Morgan fingerprint density at radius 1 is 1.24 bits per heavy atom. The van der Waals surface area contributed by atoms with Crippen molar-refractivity contribution >= 4 is 5.97 Å². The number of aliphatic hydroxyl groups is 1. The van der Waals surface area contributed by atoms with Crippen molar-refractivity contribution in [2.24, 2.45) is 0 Å². The number of aliphatic hydroxyl groups excluding tert-OH is 1. The van der Waals surface area contributed by atoms with Crippen LogP contribution in [0.4, 0.5) is 0 Å². The smallest absolute Gasteiger partial charge is 0.305 e. The number of methoxy groups -OCH3 is 2. The first-order valence-electron chi connectivity index (χ1n) is 7.18. The number of unbranched alkanes of at least 4 members (excludes halogenated alkanes) is 1. The van der Waals surface area contributed by atoms with Crippen LogP contribution in [0.5, 0.6) is 11.5 Å². The Balaban J connectivity index is 2.51. The molecule has 0 spiro atoms. The number of hydrogen-bond acceptors (Lipinski definition) is 5. The quantitative estimate of drug-likeness (QED) is 0.560. The molecule has 5 heteroatoms. The van der Waals surface area contributed by atoms with E-state index in [1.165, 1.54) is 0 Å². The molecule has 5 nitrogen and oxygen atoms in total. The second-order valence-corrected chi connectivity index (χ2v) is 4.74. The molecule has 1 aromatic rings. The van der Waals surface area contributed by atoms with Crippen LogP contribution < -0.4 is 9.47 Å². The van der Waals surface area contributed by atoms with E-state index < -0.39 is 6.10 Å². The van der Waals surface area contributed by atoms with Crippen LogP contribution in [0.15, 0.2) is 18.2 Å². The lowest BCUT2D eigenvalue weighted by Crippen LogP contribution is -2.08. The Labute approximate surface area is 125 Å². The molecular formula is C16H24O5. The number of ether oxygens (including phenoxy) is 3. The molecule has 0 fully saturated rings. The molecule has 0 amide bonds.